The van der Waals surface area contributed by atoms with Crippen LogP contribution in [-0.4, -0.2) is 22.9 Å². The van der Waals surface area contributed by atoms with Gasteiger partial charge in [0.15, 0.2) is 11.8 Å². The maximum atomic E-state index is 13.3. The van der Waals surface area contributed by atoms with Gasteiger partial charge in [-0.25, -0.2) is 4.98 Å². The highest BCUT2D eigenvalue weighted by molar-refractivity contribution is 5.84. The molecule has 1 aliphatic rings. The third-order valence-electron chi connectivity index (χ3n) is 4.03. The van der Waals surface area contributed by atoms with Crippen LogP contribution in [0.2, 0.25) is 0 Å². The molecule has 126 valence electrons. The van der Waals surface area contributed by atoms with E-state index in [-0.39, 0.29) is 23.0 Å². The van der Waals surface area contributed by atoms with Gasteiger partial charge >= 0.3 is 6.18 Å². The number of halogens is 3. The zero-order chi connectivity index (χ0) is 17.6. The molecular weight excluding hydrogens is 319 g/mol. The number of aromatic nitrogens is 1. The van der Waals surface area contributed by atoms with Crippen LogP contribution in [0.3, 0.4) is 0 Å². The number of nitrogens with zero attached hydrogens (tertiary/aromatic N) is 3. The lowest BCUT2D eigenvalue weighted by Crippen LogP contribution is -2.43. The standard InChI is InChI=1S/C16H16F3N5/c1-8-7-10-13(20)24(2)15(21)23-14(10)22-12(8)9-5-3-4-6-11(9)16(17,18)19/h3-7,13H,20H2,1-2H3,(H2,21,22,23). The zero-order valence-corrected chi connectivity index (χ0v) is 13.1. The van der Waals surface area contributed by atoms with Gasteiger partial charge in [-0.05, 0) is 24.6 Å². The maximum absolute atomic E-state index is 13.3. The van der Waals surface area contributed by atoms with Gasteiger partial charge < -0.3 is 16.4 Å². The van der Waals surface area contributed by atoms with E-state index in [1.54, 1.807) is 31.0 Å². The Balaban J connectivity index is 2.22. The van der Waals surface area contributed by atoms with Crippen LogP contribution in [0.5, 0.6) is 0 Å². The van der Waals surface area contributed by atoms with E-state index < -0.39 is 17.9 Å². The number of guanidine groups is 1. The number of nitrogens with two attached hydrogens (primary N) is 2. The normalized spacial score (nSPS) is 17.5. The summed E-state index contributed by atoms with van der Waals surface area (Å²) in [6.45, 7) is 1.70. The Morgan fingerprint density at radius 2 is 1.88 bits per heavy atom. The maximum Gasteiger partial charge on any atom is 0.417 e. The van der Waals surface area contributed by atoms with Crippen LogP contribution in [0, 0.1) is 6.92 Å². The fourth-order valence-corrected chi connectivity index (χ4v) is 2.68. The molecule has 1 aromatic heterocycles. The number of pyridine rings is 1. The molecule has 2 heterocycles. The Labute approximate surface area is 136 Å². The molecule has 0 aliphatic carbocycles. The smallest absolute Gasteiger partial charge is 0.369 e. The number of hydrogen-bond donors (Lipinski definition) is 2. The van der Waals surface area contributed by atoms with Gasteiger partial charge in [-0.3, -0.25) is 0 Å². The van der Waals surface area contributed by atoms with Gasteiger partial charge in [0.25, 0.3) is 0 Å². The lowest BCUT2D eigenvalue weighted by molar-refractivity contribution is -0.137. The molecule has 2 aromatic rings. The van der Waals surface area contributed by atoms with Gasteiger partial charge in [-0.2, -0.15) is 18.2 Å². The average molecular weight is 335 g/mol. The summed E-state index contributed by atoms with van der Waals surface area (Å²) in [6.07, 6.45) is -5.02. The third kappa shape index (κ3) is 2.58. The number of fused-ring (bicyclic) bond motifs is 1. The quantitative estimate of drug-likeness (QED) is 0.840. The van der Waals surface area contributed by atoms with E-state index in [2.05, 4.69) is 9.98 Å². The van der Waals surface area contributed by atoms with Crippen molar-refractivity contribution >= 4 is 11.8 Å². The number of aliphatic imine (C=N–C) groups is 1. The van der Waals surface area contributed by atoms with Crippen LogP contribution in [0.25, 0.3) is 11.3 Å². The molecule has 1 atom stereocenters. The summed E-state index contributed by atoms with van der Waals surface area (Å²) in [7, 11) is 1.69. The van der Waals surface area contributed by atoms with E-state index in [9.17, 15) is 13.2 Å². The van der Waals surface area contributed by atoms with Crippen LogP contribution in [0.15, 0.2) is 35.3 Å². The third-order valence-corrected chi connectivity index (χ3v) is 4.03. The second-order valence-electron chi connectivity index (χ2n) is 5.64. The van der Waals surface area contributed by atoms with Crippen molar-refractivity contribution in [1.29, 1.82) is 0 Å². The minimum Gasteiger partial charge on any atom is -0.369 e. The molecule has 24 heavy (non-hydrogen) atoms. The predicted octanol–water partition coefficient (Wildman–Crippen LogP) is 2.92. The molecule has 0 amide bonds. The van der Waals surface area contributed by atoms with Crippen molar-refractivity contribution in [1.82, 2.24) is 9.88 Å². The van der Waals surface area contributed by atoms with E-state index in [0.29, 0.717) is 11.1 Å². The SMILES string of the molecule is Cc1cc2c(nc1-c1ccccc1C(F)(F)F)N=C(N)N(C)C2N. The molecule has 0 spiro atoms. The number of alkyl halides is 3. The average Bonchev–Trinajstić information content (AvgIpc) is 2.52. The largest absolute Gasteiger partial charge is 0.417 e. The molecule has 1 aliphatic heterocycles. The highest BCUT2D eigenvalue weighted by Crippen LogP contribution is 2.39. The van der Waals surface area contributed by atoms with E-state index in [0.717, 1.165) is 6.07 Å². The van der Waals surface area contributed by atoms with Gasteiger partial charge in [0.1, 0.15) is 6.17 Å². The molecule has 0 radical (unpaired) electrons. The lowest BCUT2D eigenvalue weighted by atomic mass is 9.98. The van der Waals surface area contributed by atoms with Crippen LogP contribution >= 0.6 is 0 Å². The molecule has 0 saturated carbocycles. The molecular formula is C16H16F3N5. The van der Waals surface area contributed by atoms with Gasteiger partial charge in [-0.1, -0.05) is 18.2 Å². The molecule has 3 rings (SSSR count). The monoisotopic (exact) mass is 335 g/mol. The summed E-state index contributed by atoms with van der Waals surface area (Å²) in [4.78, 5) is 10.0. The van der Waals surface area contributed by atoms with E-state index in [4.69, 9.17) is 11.5 Å². The molecule has 5 nitrogen and oxygen atoms in total. The van der Waals surface area contributed by atoms with Crippen LogP contribution in [-0.2, 0) is 6.18 Å². The van der Waals surface area contributed by atoms with Crippen LogP contribution in [0.4, 0.5) is 19.0 Å². The molecule has 1 aromatic carbocycles. The number of benzene rings is 1. The summed E-state index contributed by atoms with van der Waals surface area (Å²) in [5, 5.41) is 0. The Bertz CT molecular complexity index is 829. The van der Waals surface area contributed by atoms with Crippen molar-refractivity contribution in [2.24, 2.45) is 16.5 Å². The Morgan fingerprint density at radius 1 is 1.21 bits per heavy atom. The molecule has 0 bridgehead atoms. The van der Waals surface area contributed by atoms with Crippen molar-refractivity contribution in [2.75, 3.05) is 7.05 Å². The summed E-state index contributed by atoms with van der Waals surface area (Å²) in [5.74, 6) is 0.414. The molecule has 8 heteroatoms. The van der Waals surface area contributed by atoms with E-state index in [1.165, 1.54) is 12.1 Å². The Hall–Kier alpha value is -2.61. The fraction of sp³-hybridized carbons (Fsp3) is 0.250. The van der Waals surface area contributed by atoms with Gasteiger partial charge in [-0.15, -0.1) is 0 Å². The second kappa shape index (κ2) is 5.48. The molecule has 4 N–H and O–H groups in total. The lowest BCUT2D eigenvalue weighted by Gasteiger charge is -2.30. The number of aryl methyl sites for hydroxylation is 1. The molecule has 0 saturated heterocycles. The highest BCUT2D eigenvalue weighted by atomic mass is 19.4. The summed E-state index contributed by atoms with van der Waals surface area (Å²) < 4.78 is 39.8. The van der Waals surface area contributed by atoms with Crippen LogP contribution < -0.4 is 11.5 Å². The molecule has 1 unspecified atom stereocenters. The van der Waals surface area contributed by atoms with Crippen molar-refractivity contribution in [3.05, 3.63) is 47.0 Å². The van der Waals surface area contributed by atoms with Crippen molar-refractivity contribution in [2.45, 2.75) is 19.3 Å². The number of rotatable bonds is 1. The first-order valence-corrected chi connectivity index (χ1v) is 7.21. The van der Waals surface area contributed by atoms with Crippen molar-refractivity contribution < 1.29 is 13.2 Å². The van der Waals surface area contributed by atoms with Crippen LogP contribution in [0.1, 0.15) is 22.9 Å². The van der Waals surface area contributed by atoms with Crippen molar-refractivity contribution in [3.63, 3.8) is 0 Å². The Kier molecular flexibility index (Phi) is 3.71. The highest BCUT2D eigenvalue weighted by Gasteiger charge is 2.34. The summed E-state index contributed by atoms with van der Waals surface area (Å²) in [5.41, 5.74) is 12.6. The van der Waals surface area contributed by atoms with Gasteiger partial charge in [0.05, 0.1) is 11.3 Å². The first-order valence-electron chi connectivity index (χ1n) is 7.21. The van der Waals surface area contributed by atoms with E-state index >= 15 is 0 Å². The number of hydrogen-bond acceptors (Lipinski definition) is 5. The zero-order valence-electron chi connectivity index (χ0n) is 13.1. The van der Waals surface area contributed by atoms with Crippen molar-refractivity contribution in [3.8, 4) is 11.3 Å². The van der Waals surface area contributed by atoms with E-state index in [1.807, 2.05) is 0 Å². The van der Waals surface area contributed by atoms with Gasteiger partial charge in [0, 0.05) is 18.2 Å². The second-order valence-corrected chi connectivity index (χ2v) is 5.64. The fourth-order valence-electron chi connectivity index (χ4n) is 2.68. The molecule has 0 fully saturated rings. The topological polar surface area (TPSA) is 80.5 Å². The summed E-state index contributed by atoms with van der Waals surface area (Å²) in [6, 6.07) is 7.03. The van der Waals surface area contributed by atoms with Gasteiger partial charge in [0.2, 0.25) is 0 Å². The minimum atomic E-state index is -4.47. The Morgan fingerprint density at radius 3 is 2.54 bits per heavy atom. The predicted molar refractivity (Wildman–Crippen MR) is 85.4 cm³/mol. The minimum absolute atomic E-state index is 0.00608. The summed E-state index contributed by atoms with van der Waals surface area (Å²) >= 11 is 0. The first-order chi connectivity index (χ1) is 11.2. The first kappa shape index (κ1) is 16.3.